The molecular formula is C18H22FN3O3. The van der Waals surface area contributed by atoms with E-state index in [0.29, 0.717) is 37.6 Å². The van der Waals surface area contributed by atoms with Gasteiger partial charge in [0.25, 0.3) is 0 Å². The van der Waals surface area contributed by atoms with Gasteiger partial charge in [0.2, 0.25) is 11.8 Å². The average Bonchev–Trinajstić information content (AvgIpc) is 3.25. The first-order chi connectivity index (χ1) is 12.1. The van der Waals surface area contributed by atoms with E-state index in [-0.39, 0.29) is 23.9 Å². The minimum Gasteiger partial charge on any atom is -0.376 e. The zero-order valence-electron chi connectivity index (χ0n) is 14.2. The Balaban J connectivity index is 1.57. The number of aryl methyl sites for hydroxylation is 2. The molecule has 0 spiro atoms. The van der Waals surface area contributed by atoms with Crippen molar-refractivity contribution in [2.24, 2.45) is 0 Å². The van der Waals surface area contributed by atoms with Crippen LogP contribution in [0.5, 0.6) is 0 Å². The first-order valence-electron chi connectivity index (χ1n) is 8.57. The summed E-state index contributed by atoms with van der Waals surface area (Å²) in [7, 11) is 0. The second-order valence-electron chi connectivity index (χ2n) is 6.24. The zero-order valence-corrected chi connectivity index (χ0v) is 14.2. The van der Waals surface area contributed by atoms with Gasteiger partial charge in [0.15, 0.2) is 5.82 Å². The lowest BCUT2D eigenvalue weighted by atomic mass is 9.99. The second-order valence-corrected chi connectivity index (χ2v) is 6.24. The standard InChI is InChI=1S/C18H22FN3O3/c1-12-20-17(25-22-12)6-2-5-16(23)21-18(15-4-3-11-24-15)13-7-9-14(19)10-8-13/h7-10,15,18H,2-6,11H2,1H3,(H,21,23)/t15-,18-/m1/s1. The number of aromatic nitrogens is 2. The van der Waals surface area contributed by atoms with Crippen LogP contribution < -0.4 is 5.32 Å². The van der Waals surface area contributed by atoms with Gasteiger partial charge in [0.1, 0.15) is 5.82 Å². The molecule has 1 aliphatic rings. The molecule has 0 aliphatic carbocycles. The van der Waals surface area contributed by atoms with Gasteiger partial charge in [-0.3, -0.25) is 4.79 Å². The molecule has 1 saturated heterocycles. The Labute approximate surface area is 145 Å². The summed E-state index contributed by atoms with van der Waals surface area (Å²) < 4.78 is 24.0. The fraction of sp³-hybridized carbons (Fsp3) is 0.500. The molecule has 25 heavy (non-hydrogen) atoms. The van der Waals surface area contributed by atoms with Crippen LogP contribution in [0.2, 0.25) is 0 Å². The molecule has 7 heteroatoms. The largest absolute Gasteiger partial charge is 0.376 e. The highest BCUT2D eigenvalue weighted by Gasteiger charge is 2.28. The number of benzene rings is 1. The maximum Gasteiger partial charge on any atom is 0.226 e. The molecule has 3 rings (SSSR count). The van der Waals surface area contributed by atoms with E-state index in [1.807, 2.05) is 0 Å². The molecule has 0 radical (unpaired) electrons. The highest BCUT2D eigenvalue weighted by Crippen LogP contribution is 2.27. The molecule has 134 valence electrons. The number of carbonyl (C=O) groups excluding carboxylic acids is 1. The van der Waals surface area contributed by atoms with Crippen LogP contribution in [0.4, 0.5) is 4.39 Å². The van der Waals surface area contributed by atoms with Crippen LogP contribution in [0.25, 0.3) is 0 Å². The van der Waals surface area contributed by atoms with Crippen LogP contribution in [0.15, 0.2) is 28.8 Å². The van der Waals surface area contributed by atoms with E-state index in [0.717, 1.165) is 18.4 Å². The molecular weight excluding hydrogens is 325 g/mol. The lowest BCUT2D eigenvalue weighted by Crippen LogP contribution is -2.36. The van der Waals surface area contributed by atoms with Gasteiger partial charge >= 0.3 is 0 Å². The summed E-state index contributed by atoms with van der Waals surface area (Å²) in [5.41, 5.74) is 0.856. The molecule has 1 aliphatic heterocycles. The summed E-state index contributed by atoms with van der Waals surface area (Å²) in [6, 6.07) is 5.94. The summed E-state index contributed by atoms with van der Waals surface area (Å²) in [6.07, 6.45) is 3.31. The van der Waals surface area contributed by atoms with E-state index in [4.69, 9.17) is 9.26 Å². The van der Waals surface area contributed by atoms with Crippen molar-refractivity contribution in [3.8, 4) is 0 Å². The summed E-state index contributed by atoms with van der Waals surface area (Å²) in [5, 5.41) is 6.76. The third-order valence-corrected chi connectivity index (χ3v) is 4.25. The third kappa shape index (κ3) is 4.85. The van der Waals surface area contributed by atoms with Crippen LogP contribution >= 0.6 is 0 Å². The van der Waals surface area contributed by atoms with Gasteiger partial charge in [-0.15, -0.1) is 0 Å². The van der Waals surface area contributed by atoms with E-state index in [1.54, 1.807) is 19.1 Å². The molecule has 1 amide bonds. The van der Waals surface area contributed by atoms with Crippen LogP contribution in [0.1, 0.15) is 49.0 Å². The predicted octanol–water partition coefficient (Wildman–Crippen LogP) is 2.88. The minimum atomic E-state index is -0.295. The van der Waals surface area contributed by atoms with Gasteiger partial charge in [-0.05, 0) is 43.9 Å². The SMILES string of the molecule is Cc1noc(CCCC(=O)N[C@H](c2ccc(F)cc2)[C@H]2CCCO2)n1. The zero-order chi connectivity index (χ0) is 17.6. The van der Waals surface area contributed by atoms with Gasteiger partial charge in [0.05, 0.1) is 12.1 Å². The first-order valence-corrected chi connectivity index (χ1v) is 8.57. The van der Waals surface area contributed by atoms with Crippen LogP contribution in [-0.2, 0) is 16.0 Å². The van der Waals surface area contributed by atoms with Crippen LogP contribution in [0, 0.1) is 12.7 Å². The smallest absolute Gasteiger partial charge is 0.226 e. The Hall–Kier alpha value is -2.28. The van der Waals surface area contributed by atoms with E-state index >= 15 is 0 Å². The minimum absolute atomic E-state index is 0.0685. The summed E-state index contributed by atoms with van der Waals surface area (Å²) in [5.74, 6) is 0.769. The number of hydrogen-bond acceptors (Lipinski definition) is 5. The highest BCUT2D eigenvalue weighted by atomic mass is 19.1. The molecule has 2 heterocycles. The van der Waals surface area contributed by atoms with Crippen molar-refractivity contribution in [2.45, 2.75) is 51.2 Å². The van der Waals surface area contributed by atoms with Crippen molar-refractivity contribution >= 4 is 5.91 Å². The molecule has 1 fully saturated rings. The van der Waals surface area contributed by atoms with Crippen molar-refractivity contribution in [3.63, 3.8) is 0 Å². The summed E-state index contributed by atoms with van der Waals surface area (Å²) in [6.45, 7) is 2.45. The number of rotatable bonds is 7. The fourth-order valence-electron chi connectivity index (χ4n) is 3.01. The lowest BCUT2D eigenvalue weighted by molar-refractivity contribution is -0.122. The van der Waals surface area contributed by atoms with Crippen molar-refractivity contribution in [1.29, 1.82) is 0 Å². The molecule has 2 atom stereocenters. The van der Waals surface area contributed by atoms with E-state index in [2.05, 4.69) is 15.5 Å². The maximum absolute atomic E-state index is 13.2. The first kappa shape index (κ1) is 17.5. The van der Waals surface area contributed by atoms with Gasteiger partial charge in [-0.1, -0.05) is 17.3 Å². The second kappa shape index (κ2) is 8.20. The van der Waals surface area contributed by atoms with E-state index in [1.165, 1.54) is 12.1 Å². The Morgan fingerprint density at radius 2 is 2.20 bits per heavy atom. The normalized spacial score (nSPS) is 18.2. The average molecular weight is 347 g/mol. The maximum atomic E-state index is 13.2. The number of nitrogens with zero attached hydrogens (tertiary/aromatic N) is 2. The number of halogens is 1. The van der Waals surface area contributed by atoms with E-state index in [9.17, 15) is 9.18 Å². The highest BCUT2D eigenvalue weighted by molar-refractivity contribution is 5.76. The summed E-state index contributed by atoms with van der Waals surface area (Å²) >= 11 is 0. The molecule has 1 N–H and O–H groups in total. The monoisotopic (exact) mass is 347 g/mol. The molecule has 2 aromatic rings. The summed E-state index contributed by atoms with van der Waals surface area (Å²) in [4.78, 5) is 16.5. The van der Waals surface area contributed by atoms with Gasteiger partial charge in [-0.2, -0.15) is 4.98 Å². The Morgan fingerprint density at radius 1 is 1.40 bits per heavy atom. The molecule has 0 bridgehead atoms. The van der Waals surface area contributed by atoms with E-state index < -0.39 is 0 Å². The molecule has 1 aromatic heterocycles. The number of hydrogen-bond donors (Lipinski definition) is 1. The fourth-order valence-corrected chi connectivity index (χ4v) is 3.01. The van der Waals surface area contributed by atoms with Gasteiger partial charge in [-0.25, -0.2) is 4.39 Å². The van der Waals surface area contributed by atoms with Crippen LogP contribution in [-0.4, -0.2) is 28.8 Å². The molecule has 6 nitrogen and oxygen atoms in total. The van der Waals surface area contributed by atoms with Crippen molar-refractivity contribution in [2.75, 3.05) is 6.61 Å². The predicted molar refractivity (Wildman–Crippen MR) is 88.2 cm³/mol. The number of nitrogens with one attached hydrogen (secondary N) is 1. The molecule has 0 unspecified atom stereocenters. The molecule has 1 aromatic carbocycles. The van der Waals surface area contributed by atoms with Gasteiger partial charge < -0.3 is 14.6 Å². The quantitative estimate of drug-likeness (QED) is 0.833. The van der Waals surface area contributed by atoms with Gasteiger partial charge in [0, 0.05) is 19.4 Å². The van der Waals surface area contributed by atoms with Crippen LogP contribution in [0.3, 0.4) is 0 Å². The van der Waals surface area contributed by atoms with Crippen molar-refractivity contribution in [3.05, 3.63) is 47.4 Å². The number of amides is 1. The van der Waals surface area contributed by atoms with Crippen molar-refractivity contribution in [1.82, 2.24) is 15.5 Å². The topological polar surface area (TPSA) is 77.2 Å². The number of ether oxygens (including phenoxy) is 1. The molecule has 0 saturated carbocycles. The Morgan fingerprint density at radius 3 is 2.84 bits per heavy atom. The number of carbonyl (C=O) groups is 1. The lowest BCUT2D eigenvalue weighted by Gasteiger charge is -2.24. The van der Waals surface area contributed by atoms with Crippen molar-refractivity contribution < 1.29 is 18.4 Å². The third-order valence-electron chi connectivity index (χ3n) is 4.25. The Kier molecular flexibility index (Phi) is 5.75. The Bertz CT molecular complexity index is 696.